The minimum atomic E-state index is -0.0742. The lowest BCUT2D eigenvalue weighted by Gasteiger charge is -2.04. The van der Waals surface area contributed by atoms with Crippen LogP contribution in [0.1, 0.15) is 5.69 Å². The summed E-state index contributed by atoms with van der Waals surface area (Å²) < 4.78 is 2.56. The second kappa shape index (κ2) is 5.89. The fourth-order valence-electron chi connectivity index (χ4n) is 2.63. The average molecular weight is 351 g/mol. The molecule has 3 heterocycles. The van der Waals surface area contributed by atoms with E-state index in [4.69, 9.17) is 17.2 Å². The number of rotatable bonds is 2. The monoisotopic (exact) mass is 351 g/mol. The summed E-state index contributed by atoms with van der Waals surface area (Å²) in [6.07, 6.45) is 3.83. The standard InChI is InChI=1S/C18H13N3OS2/c1-20-17(22)14(24-18(20)23)11-13-16(12-7-3-2-4-8-12)19-15-9-5-6-10-21(13)15/h2-11H,1H3/b14-11-. The zero-order valence-electron chi connectivity index (χ0n) is 12.8. The molecule has 1 aliphatic rings. The number of benzene rings is 1. The first kappa shape index (κ1) is 15.1. The average Bonchev–Trinajstić information content (AvgIpc) is 3.09. The van der Waals surface area contributed by atoms with E-state index in [1.54, 1.807) is 7.05 Å². The van der Waals surface area contributed by atoms with Crippen molar-refractivity contribution in [1.29, 1.82) is 0 Å². The molecular weight excluding hydrogens is 338 g/mol. The Kier molecular flexibility index (Phi) is 3.70. The summed E-state index contributed by atoms with van der Waals surface area (Å²) in [4.78, 5) is 19.2. The molecular formula is C18H13N3OS2. The molecule has 24 heavy (non-hydrogen) atoms. The Balaban J connectivity index is 1.94. The molecule has 0 aliphatic carbocycles. The van der Waals surface area contributed by atoms with Crippen LogP contribution in [0.4, 0.5) is 0 Å². The highest BCUT2D eigenvalue weighted by Crippen LogP contribution is 2.34. The Morgan fingerprint density at radius 2 is 1.88 bits per heavy atom. The number of fused-ring (bicyclic) bond motifs is 1. The van der Waals surface area contributed by atoms with Crippen LogP contribution in [0.5, 0.6) is 0 Å². The third kappa shape index (κ3) is 2.44. The molecule has 0 unspecified atom stereocenters. The van der Waals surface area contributed by atoms with Gasteiger partial charge < -0.3 is 0 Å². The lowest BCUT2D eigenvalue weighted by Crippen LogP contribution is -2.22. The minimum absolute atomic E-state index is 0.0742. The summed E-state index contributed by atoms with van der Waals surface area (Å²) in [5.74, 6) is -0.0742. The highest BCUT2D eigenvalue weighted by Gasteiger charge is 2.29. The summed E-state index contributed by atoms with van der Waals surface area (Å²) in [7, 11) is 1.70. The molecule has 1 amide bonds. The van der Waals surface area contributed by atoms with Gasteiger partial charge in [0.15, 0.2) is 0 Å². The van der Waals surface area contributed by atoms with E-state index in [9.17, 15) is 4.79 Å². The first-order valence-electron chi connectivity index (χ1n) is 7.39. The van der Waals surface area contributed by atoms with E-state index in [0.29, 0.717) is 9.23 Å². The summed E-state index contributed by atoms with van der Waals surface area (Å²) in [5.41, 5.74) is 3.59. The third-order valence-corrected chi connectivity index (χ3v) is 5.35. The second-order valence-electron chi connectivity index (χ2n) is 5.38. The van der Waals surface area contributed by atoms with Crippen LogP contribution in [0, 0.1) is 0 Å². The van der Waals surface area contributed by atoms with E-state index < -0.39 is 0 Å². The molecule has 6 heteroatoms. The quantitative estimate of drug-likeness (QED) is 0.519. The number of hydrogen-bond donors (Lipinski definition) is 0. The zero-order valence-corrected chi connectivity index (χ0v) is 14.5. The van der Waals surface area contributed by atoms with E-state index in [-0.39, 0.29) is 5.91 Å². The number of nitrogens with zero attached hydrogens (tertiary/aromatic N) is 3. The molecule has 2 aromatic heterocycles. The molecule has 0 spiro atoms. The van der Waals surface area contributed by atoms with E-state index >= 15 is 0 Å². The third-order valence-electron chi connectivity index (χ3n) is 3.87. The van der Waals surface area contributed by atoms with Crippen molar-refractivity contribution < 1.29 is 4.79 Å². The number of amides is 1. The maximum absolute atomic E-state index is 12.3. The number of hydrogen-bond acceptors (Lipinski definition) is 4. The molecule has 0 atom stereocenters. The van der Waals surface area contributed by atoms with Crippen LogP contribution in [0.2, 0.25) is 0 Å². The Morgan fingerprint density at radius 3 is 2.58 bits per heavy atom. The Labute approximate surface area is 148 Å². The molecule has 1 aromatic carbocycles. The predicted molar refractivity (Wildman–Crippen MR) is 102 cm³/mol. The number of pyridine rings is 1. The Bertz CT molecular complexity index is 992. The van der Waals surface area contributed by atoms with E-state index in [0.717, 1.165) is 22.6 Å². The van der Waals surface area contributed by atoms with Crippen molar-refractivity contribution in [3.63, 3.8) is 0 Å². The largest absolute Gasteiger partial charge is 0.300 e. The van der Waals surface area contributed by atoms with Crippen LogP contribution in [0.15, 0.2) is 59.6 Å². The number of thiocarbonyl (C=S) groups is 1. The smallest absolute Gasteiger partial charge is 0.265 e. The van der Waals surface area contributed by atoms with Gasteiger partial charge in [-0.3, -0.25) is 14.1 Å². The van der Waals surface area contributed by atoms with Gasteiger partial charge in [0.25, 0.3) is 5.91 Å². The van der Waals surface area contributed by atoms with Gasteiger partial charge in [-0.1, -0.05) is 60.4 Å². The second-order valence-corrected chi connectivity index (χ2v) is 7.06. The number of carbonyl (C=O) groups excluding carboxylic acids is 1. The van der Waals surface area contributed by atoms with Crippen molar-refractivity contribution in [2.24, 2.45) is 0 Å². The Morgan fingerprint density at radius 1 is 1.12 bits per heavy atom. The van der Waals surface area contributed by atoms with Crippen molar-refractivity contribution in [1.82, 2.24) is 14.3 Å². The van der Waals surface area contributed by atoms with Gasteiger partial charge >= 0.3 is 0 Å². The highest BCUT2D eigenvalue weighted by molar-refractivity contribution is 8.26. The molecule has 1 fully saturated rings. The fourth-order valence-corrected chi connectivity index (χ4v) is 3.79. The van der Waals surface area contributed by atoms with Gasteiger partial charge in [0, 0.05) is 18.8 Å². The van der Waals surface area contributed by atoms with Crippen molar-refractivity contribution >= 4 is 45.9 Å². The minimum Gasteiger partial charge on any atom is -0.300 e. The number of aromatic nitrogens is 2. The molecule has 1 aliphatic heterocycles. The van der Waals surface area contributed by atoms with Crippen molar-refractivity contribution in [3.8, 4) is 11.3 Å². The van der Waals surface area contributed by atoms with E-state index in [1.165, 1.54) is 16.7 Å². The van der Waals surface area contributed by atoms with Gasteiger partial charge in [-0.25, -0.2) is 4.98 Å². The Hall–Kier alpha value is -2.44. The van der Waals surface area contributed by atoms with Crippen LogP contribution < -0.4 is 0 Å². The van der Waals surface area contributed by atoms with Crippen LogP contribution in [-0.4, -0.2) is 31.6 Å². The number of carbonyl (C=O) groups is 1. The van der Waals surface area contributed by atoms with Crippen molar-refractivity contribution in [2.75, 3.05) is 7.05 Å². The molecule has 3 aromatic rings. The number of likely N-dealkylation sites (N-methyl/N-ethyl adjacent to an activating group) is 1. The zero-order chi connectivity index (χ0) is 16.7. The molecule has 4 nitrogen and oxygen atoms in total. The molecule has 0 N–H and O–H groups in total. The number of thioether (sulfide) groups is 1. The van der Waals surface area contributed by atoms with Crippen molar-refractivity contribution in [3.05, 3.63) is 65.3 Å². The fraction of sp³-hybridized carbons (Fsp3) is 0.0556. The normalized spacial score (nSPS) is 16.5. The van der Waals surface area contributed by atoms with Crippen molar-refractivity contribution in [2.45, 2.75) is 0 Å². The van der Waals surface area contributed by atoms with Gasteiger partial charge in [0.1, 0.15) is 9.97 Å². The molecule has 118 valence electrons. The lowest BCUT2D eigenvalue weighted by atomic mass is 10.1. The van der Waals surface area contributed by atoms with Crippen LogP contribution in [0.25, 0.3) is 23.0 Å². The van der Waals surface area contributed by atoms with Crippen LogP contribution >= 0.6 is 24.0 Å². The van der Waals surface area contributed by atoms with Gasteiger partial charge in [0.2, 0.25) is 0 Å². The number of imidazole rings is 1. The van der Waals surface area contributed by atoms with Gasteiger partial charge in [-0.15, -0.1) is 0 Å². The van der Waals surface area contributed by atoms with Crippen LogP contribution in [0.3, 0.4) is 0 Å². The predicted octanol–water partition coefficient (Wildman–Crippen LogP) is 3.83. The molecule has 0 saturated carbocycles. The van der Waals surface area contributed by atoms with Crippen LogP contribution in [-0.2, 0) is 4.79 Å². The summed E-state index contributed by atoms with van der Waals surface area (Å²) in [6, 6.07) is 15.8. The first-order valence-corrected chi connectivity index (χ1v) is 8.62. The highest BCUT2D eigenvalue weighted by atomic mass is 32.2. The maximum atomic E-state index is 12.3. The molecule has 4 rings (SSSR count). The first-order chi connectivity index (χ1) is 11.6. The summed E-state index contributed by atoms with van der Waals surface area (Å²) >= 11 is 6.54. The maximum Gasteiger partial charge on any atom is 0.265 e. The summed E-state index contributed by atoms with van der Waals surface area (Å²) in [5, 5.41) is 0. The van der Waals surface area contributed by atoms with Gasteiger partial charge in [0.05, 0.1) is 16.3 Å². The topological polar surface area (TPSA) is 37.6 Å². The lowest BCUT2D eigenvalue weighted by molar-refractivity contribution is -0.121. The van der Waals surface area contributed by atoms with Gasteiger partial charge in [-0.2, -0.15) is 0 Å². The van der Waals surface area contributed by atoms with E-state index in [1.807, 2.05) is 65.2 Å². The van der Waals surface area contributed by atoms with E-state index in [2.05, 4.69) is 0 Å². The molecule has 0 radical (unpaired) electrons. The SMILES string of the molecule is CN1C(=O)/C(=C/c2c(-c3ccccc3)nc3ccccn23)SC1=S. The molecule has 1 saturated heterocycles. The molecule has 0 bridgehead atoms. The van der Waals surface area contributed by atoms with Gasteiger partial charge in [-0.05, 0) is 18.2 Å². The summed E-state index contributed by atoms with van der Waals surface area (Å²) in [6.45, 7) is 0.